The summed E-state index contributed by atoms with van der Waals surface area (Å²) in [6, 6.07) is 13.6. The number of aromatic nitrogens is 2. The lowest BCUT2D eigenvalue weighted by atomic mass is 9.92. The average molecular weight is 498 g/mol. The highest BCUT2D eigenvalue weighted by Crippen LogP contribution is 2.40. The molecule has 9 nitrogen and oxygen atoms in total. The molecule has 3 aromatic rings. The van der Waals surface area contributed by atoms with Crippen molar-refractivity contribution >= 4 is 23.2 Å². The van der Waals surface area contributed by atoms with Gasteiger partial charge in [-0.15, -0.1) is 0 Å². The van der Waals surface area contributed by atoms with Gasteiger partial charge in [-0.05, 0) is 37.6 Å². The van der Waals surface area contributed by atoms with Crippen molar-refractivity contribution in [2.75, 3.05) is 26.7 Å². The summed E-state index contributed by atoms with van der Waals surface area (Å²) in [5.74, 6) is -5.66. The summed E-state index contributed by atoms with van der Waals surface area (Å²) in [4.78, 5) is 29.9. The van der Waals surface area contributed by atoms with E-state index in [0.29, 0.717) is 16.8 Å². The highest BCUT2D eigenvalue weighted by Gasteiger charge is 2.49. The first-order chi connectivity index (χ1) is 17.2. The number of rotatable bonds is 7. The molecule has 2 heterocycles. The van der Waals surface area contributed by atoms with Crippen LogP contribution in [0.3, 0.4) is 0 Å². The number of alkyl halides is 2. The van der Waals surface area contributed by atoms with Gasteiger partial charge in [0.1, 0.15) is 11.6 Å². The van der Waals surface area contributed by atoms with E-state index >= 15 is 8.78 Å². The van der Waals surface area contributed by atoms with Crippen LogP contribution in [0.2, 0.25) is 0 Å². The van der Waals surface area contributed by atoms with E-state index in [-0.39, 0.29) is 31.2 Å². The molecule has 2 aromatic carbocycles. The predicted molar refractivity (Wildman–Crippen MR) is 127 cm³/mol. The summed E-state index contributed by atoms with van der Waals surface area (Å²) in [5.41, 5.74) is 2.95. The van der Waals surface area contributed by atoms with Crippen LogP contribution in [0.4, 0.5) is 14.5 Å². The van der Waals surface area contributed by atoms with Crippen molar-refractivity contribution in [3.05, 3.63) is 65.5 Å². The van der Waals surface area contributed by atoms with Crippen molar-refractivity contribution in [2.24, 2.45) is 0 Å². The van der Waals surface area contributed by atoms with Crippen molar-refractivity contribution in [1.82, 2.24) is 20.4 Å². The molecule has 0 saturated carbocycles. The molecule has 0 bridgehead atoms. The van der Waals surface area contributed by atoms with Gasteiger partial charge in [0.15, 0.2) is 0 Å². The molecule has 1 aliphatic rings. The molecule has 4 N–H and O–H groups in total. The third kappa shape index (κ3) is 5.30. The molecule has 1 aliphatic heterocycles. The van der Waals surface area contributed by atoms with E-state index in [1.165, 1.54) is 0 Å². The van der Waals surface area contributed by atoms with Crippen molar-refractivity contribution in [1.29, 1.82) is 5.41 Å². The maximum Gasteiger partial charge on any atom is 0.276 e. The van der Waals surface area contributed by atoms with Gasteiger partial charge in [0.05, 0.1) is 25.7 Å². The first-order valence-corrected chi connectivity index (χ1v) is 11.5. The van der Waals surface area contributed by atoms with Gasteiger partial charge < -0.3 is 25.5 Å². The second-order valence-electron chi connectivity index (χ2n) is 8.64. The molecular formula is C25H27F2N6O3+. The number of nitrogens with zero attached hydrogens (tertiary/aromatic N) is 3. The standard InChI is InChI=1S/C25H26F2N6O3/c1-15(28)18-9-8-17(12-20(18)29-2)22-31-24(36-32-22)19-10-11-33(14-25(19,26)27)21(34)13-30-23(35)16-6-4-3-5-7-16/h3-9,12,19,28-29H,10-11,13-14H2,1-2H3,(H,30,35)/p+1/t19-/m0/s1. The van der Waals surface area contributed by atoms with Crippen LogP contribution in [0.25, 0.3) is 11.4 Å². The minimum Gasteiger partial charge on any atom is -0.343 e. The summed E-state index contributed by atoms with van der Waals surface area (Å²) in [7, 11) is 1.84. The Balaban J connectivity index is 1.41. The van der Waals surface area contributed by atoms with E-state index in [1.807, 2.05) is 12.4 Å². The summed E-state index contributed by atoms with van der Waals surface area (Å²) in [6.07, 6.45) is -0.0626. The van der Waals surface area contributed by atoms with E-state index in [4.69, 9.17) is 9.93 Å². The number of carbonyl (C=O) groups is 2. The summed E-state index contributed by atoms with van der Waals surface area (Å²) >= 11 is 0. The van der Waals surface area contributed by atoms with Gasteiger partial charge in [-0.3, -0.25) is 9.59 Å². The van der Waals surface area contributed by atoms with Gasteiger partial charge in [0, 0.05) is 29.4 Å². The average Bonchev–Trinajstić information content (AvgIpc) is 3.36. The highest BCUT2D eigenvalue weighted by molar-refractivity contribution is 6.00. The molecule has 1 fully saturated rings. The number of likely N-dealkylation sites (tertiary alicyclic amines) is 1. The Kier molecular flexibility index (Phi) is 7.20. The number of piperidine rings is 1. The third-order valence-corrected chi connectivity index (χ3v) is 6.15. The van der Waals surface area contributed by atoms with E-state index in [2.05, 4.69) is 15.5 Å². The molecule has 1 saturated heterocycles. The molecule has 2 amide bonds. The molecule has 0 unspecified atom stereocenters. The number of hydrogen-bond donors (Lipinski definition) is 3. The van der Waals surface area contributed by atoms with Crippen LogP contribution in [0.1, 0.15) is 41.1 Å². The lowest BCUT2D eigenvalue weighted by molar-refractivity contribution is -0.539. The fourth-order valence-electron chi connectivity index (χ4n) is 4.19. The number of halogens is 2. The number of benzene rings is 2. The Morgan fingerprint density at radius 3 is 2.67 bits per heavy atom. The Morgan fingerprint density at radius 2 is 2.00 bits per heavy atom. The maximum atomic E-state index is 15.1. The Morgan fingerprint density at radius 1 is 1.25 bits per heavy atom. The monoisotopic (exact) mass is 497 g/mol. The first kappa shape index (κ1) is 25.1. The first-order valence-electron chi connectivity index (χ1n) is 11.5. The SMILES string of the molecule is C[NH2+]c1cc(-c2noc([C@@H]3CCN(C(=O)CNC(=O)c4ccccc4)CC3(F)F)n2)ccc1C(C)=N. The predicted octanol–water partition coefficient (Wildman–Crippen LogP) is 2.33. The molecule has 1 aromatic heterocycles. The van der Waals surface area contributed by atoms with Crippen LogP contribution in [-0.4, -0.2) is 65.2 Å². The van der Waals surface area contributed by atoms with Crippen LogP contribution in [0.5, 0.6) is 0 Å². The number of quaternary nitrogens is 1. The normalized spacial score (nSPS) is 17.0. The van der Waals surface area contributed by atoms with Gasteiger partial charge in [-0.1, -0.05) is 23.4 Å². The highest BCUT2D eigenvalue weighted by atomic mass is 19.3. The minimum atomic E-state index is -3.29. The summed E-state index contributed by atoms with van der Waals surface area (Å²) < 4.78 is 35.3. The van der Waals surface area contributed by atoms with Crippen LogP contribution >= 0.6 is 0 Å². The lowest BCUT2D eigenvalue weighted by Gasteiger charge is -2.36. The maximum absolute atomic E-state index is 15.1. The van der Waals surface area contributed by atoms with Crippen LogP contribution in [-0.2, 0) is 4.79 Å². The van der Waals surface area contributed by atoms with E-state index in [1.54, 1.807) is 55.5 Å². The van der Waals surface area contributed by atoms with E-state index in [9.17, 15) is 9.59 Å². The Bertz CT molecular complexity index is 1280. The number of amides is 2. The third-order valence-electron chi connectivity index (χ3n) is 6.15. The quantitative estimate of drug-likeness (QED) is 0.341. The fourth-order valence-corrected chi connectivity index (χ4v) is 4.19. The summed E-state index contributed by atoms with van der Waals surface area (Å²) in [5, 5.41) is 16.1. The van der Waals surface area contributed by atoms with Gasteiger partial charge >= 0.3 is 0 Å². The second kappa shape index (κ2) is 10.3. The molecule has 1 atom stereocenters. The molecule has 0 aliphatic carbocycles. The largest absolute Gasteiger partial charge is 0.343 e. The molecule has 0 radical (unpaired) electrons. The number of nitrogens with one attached hydrogen (secondary N) is 2. The molecule has 4 rings (SSSR count). The van der Waals surface area contributed by atoms with E-state index in [0.717, 1.165) is 16.2 Å². The minimum absolute atomic E-state index is 0.0626. The topological polar surface area (TPSA) is 129 Å². The van der Waals surface area contributed by atoms with Crippen LogP contribution in [0, 0.1) is 5.41 Å². The molecular weight excluding hydrogens is 470 g/mol. The van der Waals surface area contributed by atoms with Crippen LogP contribution < -0.4 is 10.6 Å². The lowest BCUT2D eigenvalue weighted by Crippen LogP contribution is -2.73. The zero-order valence-corrected chi connectivity index (χ0v) is 19.9. The van der Waals surface area contributed by atoms with Gasteiger partial charge in [0.2, 0.25) is 17.6 Å². The Labute approximate surface area is 206 Å². The molecule has 188 valence electrons. The number of nitrogens with two attached hydrogens (primary N) is 1. The number of hydrogen-bond acceptors (Lipinski definition) is 6. The molecule has 0 spiro atoms. The molecule has 36 heavy (non-hydrogen) atoms. The van der Waals surface area contributed by atoms with Gasteiger partial charge in [0.25, 0.3) is 11.8 Å². The number of carbonyl (C=O) groups excluding carboxylic acids is 2. The van der Waals surface area contributed by atoms with Crippen molar-refractivity contribution in [3.8, 4) is 11.4 Å². The fraction of sp³-hybridized carbons (Fsp3) is 0.320. The van der Waals surface area contributed by atoms with Crippen molar-refractivity contribution < 1.29 is 28.2 Å². The van der Waals surface area contributed by atoms with Crippen molar-refractivity contribution in [2.45, 2.75) is 25.2 Å². The van der Waals surface area contributed by atoms with Gasteiger partial charge in [-0.25, -0.2) is 8.78 Å². The van der Waals surface area contributed by atoms with Crippen molar-refractivity contribution in [3.63, 3.8) is 0 Å². The Hall–Kier alpha value is -3.99. The zero-order chi connectivity index (χ0) is 25.9. The second-order valence-corrected chi connectivity index (χ2v) is 8.64. The van der Waals surface area contributed by atoms with Gasteiger partial charge in [-0.2, -0.15) is 4.98 Å². The molecule has 11 heteroatoms. The summed E-state index contributed by atoms with van der Waals surface area (Å²) in [6.45, 7) is 0.573. The van der Waals surface area contributed by atoms with Crippen LogP contribution in [0.15, 0.2) is 53.1 Å². The smallest absolute Gasteiger partial charge is 0.276 e. The van der Waals surface area contributed by atoms with E-state index < -0.39 is 30.2 Å². The zero-order valence-electron chi connectivity index (χ0n) is 19.9.